The smallest absolute Gasteiger partial charge is 0.117 e. The number of hydrogen-bond donors (Lipinski definition) is 1. The molecule has 16 heavy (non-hydrogen) atoms. The van der Waals surface area contributed by atoms with E-state index < -0.39 is 0 Å². The Morgan fingerprint density at radius 2 is 2.00 bits per heavy atom. The van der Waals surface area contributed by atoms with Crippen LogP contribution in [0.3, 0.4) is 0 Å². The number of aryl methyl sites for hydroxylation is 2. The fourth-order valence-corrected chi connectivity index (χ4v) is 2.51. The lowest BCUT2D eigenvalue weighted by Gasteiger charge is -2.15. The van der Waals surface area contributed by atoms with Crippen molar-refractivity contribution in [2.75, 3.05) is 5.73 Å². The van der Waals surface area contributed by atoms with E-state index in [1.165, 1.54) is 0 Å². The van der Waals surface area contributed by atoms with E-state index in [0.717, 1.165) is 29.2 Å². The van der Waals surface area contributed by atoms with Gasteiger partial charge in [-0.2, -0.15) is 5.10 Å². The van der Waals surface area contributed by atoms with E-state index in [2.05, 4.69) is 32.8 Å². The maximum atomic E-state index is 6.13. The van der Waals surface area contributed by atoms with Crippen molar-refractivity contribution in [3.05, 3.63) is 5.69 Å². The third kappa shape index (κ3) is 2.94. The second kappa shape index (κ2) is 5.62. The van der Waals surface area contributed by atoms with E-state index in [-0.39, 0.29) is 0 Å². The lowest BCUT2D eigenvalue weighted by molar-refractivity contribution is 0.634. The molecule has 0 aliphatic carbocycles. The van der Waals surface area contributed by atoms with Crippen molar-refractivity contribution in [3.63, 3.8) is 0 Å². The Kier molecular flexibility index (Phi) is 4.71. The number of nitrogen functional groups attached to an aromatic ring is 1. The molecule has 0 aliphatic rings. The van der Waals surface area contributed by atoms with E-state index in [0.29, 0.717) is 11.2 Å². The molecule has 0 amide bonds. The fourth-order valence-electron chi connectivity index (χ4n) is 1.45. The van der Waals surface area contributed by atoms with Crippen molar-refractivity contribution in [2.45, 2.75) is 50.8 Å². The molecule has 4 heteroatoms. The highest BCUT2D eigenvalue weighted by Crippen LogP contribution is 2.33. The van der Waals surface area contributed by atoms with Crippen molar-refractivity contribution < 1.29 is 0 Å². The van der Waals surface area contributed by atoms with Crippen LogP contribution >= 0.6 is 11.8 Å². The van der Waals surface area contributed by atoms with Crippen LogP contribution in [0.4, 0.5) is 5.69 Å². The Bertz CT molecular complexity index is 344. The quantitative estimate of drug-likeness (QED) is 0.806. The number of nitrogens with two attached hydrogens (primary N) is 1. The van der Waals surface area contributed by atoms with Gasteiger partial charge in [0.2, 0.25) is 0 Å². The summed E-state index contributed by atoms with van der Waals surface area (Å²) < 4.78 is 1.92. The molecular weight excluding hydrogens is 218 g/mol. The van der Waals surface area contributed by atoms with Gasteiger partial charge in [-0.15, -0.1) is 11.8 Å². The zero-order valence-electron chi connectivity index (χ0n) is 10.9. The molecule has 0 radical (unpaired) electrons. The molecule has 0 spiro atoms. The fraction of sp³-hybridized carbons (Fsp3) is 0.750. The van der Waals surface area contributed by atoms with Crippen LogP contribution in [0.2, 0.25) is 0 Å². The number of hydrogen-bond acceptors (Lipinski definition) is 3. The first-order chi connectivity index (χ1) is 7.47. The molecule has 1 heterocycles. The highest BCUT2D eigenvalue weighted by Gasteiger charge is 2.17. The molecule has 0 fully saturated rings. The predicted octanol–water partition coefficient (Wildman–Crippen LogP) is 3.09. The van der Waals surface area contributed by atoms with Gasteiger partial charge in [-0.1, -0.05) is 34.1 Å². The van der Waals surface area contributed by atoms with Crippen LogP contribution in [0.1, 0.15) is 39.8 Å². The van der Waals surface area contributed by atoms with Crippen molar-refractivity contribution in [1.82, 2.24) is 9.78 Å². The van der Waals surface area contributed by atoms with Crippen molar-refractivity contribution >= 4 is 17.4 Å². The first-order valence-electron chi connectivity index (χ1n) is 5.95. The molecule has 1 aromatic heterocycles. The van der Waals surface area contributed by atoms with Gasteiger partial charge in [0.05, 0.1) is 11.4 Å². The summed E-state index contributed by atoms with van der Waals surface area (Å²) in [5.41, 5.74) is 8.06. The zero-order valence-corrected chi connectivity index (χ0v) is 11.8. The van der Waals surface area contributed by atoms with Crippen molar-refractivity contribution in [1.29, 1.82) is 0 Å². The first-order valence-corrected chi connectivity index (χ1v) is 6.83. The SMILES string of the molecule is CCCc1nn(C)c(SC(C)C(C)C)c1N. The lowest BCUT2D eigenvalue weighted by atomic mass is 10.2. The normalized spacial score (nSPS) is 13.4. The van der Waals surface area contributed by atoms with Gasteiger partial charge in [0.1, 0.15) is 5.03 Å². The maximum absolute atomic E-state index is 6.13. The summed E-state index contributed by atoms with van der Waals surface area (Å²) in [5.74, 6) is 0.647. The Morgan fingerprint density at radius 3 is 2.50 bits per heavy atom. The molecule has 0 saturated heterocycles. The van der Waals surface area contributed by atoms with Crippen LogP contribution in [-0.4, -0.2) is 15.0 Å². The molecule has 1 aromatic rings. The van der Waals surface area contributed by atoms with E-state index in [1.807, 2.05) is 23.5 Å². The van der Waals surface area contributed by atoms with Gasteiger partial charge in [-0.25, -0.2) is 0 Å². The van der Waals surface area contributed by atoms with E-state index >= 15 is 0 Å². The Hall–Kier alpha value is -0.640. The van der Waals surface area contributed by atoms with Crippen LogP contribution in [0.5, 0.6) is 0 Å². The number of anilines is 1. The van der Waals surface area contributed by atoms with Gasteiger partial charge < -0.3 is 5.73 Å². The largest absolute Gasteiger partial charge is 0.395 e. The Labute approximate surface area is 103 Å². The minimum atomic E-state index is 0.562. The molecule has 3 nitrogen and oxygen atoms in total. The molecular formula is C12H23N3S. The molecule has 92 valence electrons. The highest BCUT2D eigenvalue weighted by atomic mass is 32.2. The van der Waals surface area contributed by atoms with Gasteiger partial charge in [0, 0.05) is 12.3 Å². The Morgan fingerprint density at radius 1 is 1.38 bits per heavy atom. The summed E-state index contributed by atoms with van der Waals surface area (Å²) in [4.78, 5) is 0. The van der Waals surface area contributed by atoms with Crippen molar-refractivity contribution in [2.24, 2.45) is 13.0 Å². The van der Waals surface area contributed by atoms with Crippen LogP contribution in [0.15, 0.2) is 5.03 Å². The van der Waals surface area contributed by atoms with Crippen molar-refractivity contribution in [3.8, 4) is 0 Å². The standard InChI is InChI=1S/C12H23N3S/c1-6-7-10-11(13)12(15(5)14-10)16-9(4)8(2)3/h8-9H,6-7,13H2,1-5H3. The molecule has 1 unspecified atom stereocenters. The average molecular weight is 241 g/mol. The number of nitrogens with zero attached hydrogens (tertiary/aromatic N) is 2. The molecule has 2 N–H and O–H groups in total. The van der Waals surface area contributed by atoms with Crippen LogP contribution in [-0.2, 0) is 13.5 Å². The summed E-state index contributed by atoms with van der Waals surface area (Å²) in [6.07, 6.45) is 2.06. The molecule has 1 rings (SSSR count). The first kappa shape index (κ1) is 13.4. The van der Waals surface area contributed by atoms with Gasteiger partial charge in [-0.3, -0.25) is 4.68 Å². The minimum absolute atomic E-state index is 0.562. The molecule has 1 atom stereocenters. The average Bonchev–Trinajstić information content (AvgIpc) is 2.46. The molecule has 0 saturated carbocycles. The van der Waals surface area contributed by atoms with E-state index in [9.17, 15) is 0 Å². The van der Waals surface area contributed by atoms with Crippen LogP contribution in [0, 0.1) is 5.92 Å². The van der Waals surface area contributed by atoms with E-state index in [4.69, 9.17) is 5.73 Å². The molecule has 0 aromatic carbocycles. The van der Waals surface area contributed by atoms with Crippen LogP contribution < -0.4 is 5.73 Å². The highest BCUT2D eigenvalue weighted by molar-refractivity contribution is 8.00. The summed E-state index contributed by atoms with van der Waals surface area (Å²) in [6.45, 7) is 8.85. The van der Waals surface area contributed by atoms with E-state index in [1.54, 1.807) is 0 Å². The van der Waals surface area contributed by atoms with Gasteiger partial charge in [0.15, 0.2) is 0 Å². The molecule has 0 aliphatic heterocycles. The second-order valence-corrected chi connectivity index (χ2v) is 5.97. The predicted molar refractivity (Wildman–Crippen MR) is 71.8 cm³/mol. The van der Waals surface area contributed by atoms with Crippen LogP contribution in [0.25, 0.3) is 0 Å². The van der Waals surface area contributed by atoms with Gasteiger partial charge >= 0.3 is 0 Å². The summed E-state index contributed by atoms with van der Waals surface area (Å²) in [6, 6.07) is 0. The summed E-state index contributed by atoms with van der Waals surface area (Å²) in [5, 5.41) is 6.16. The third-order valence-electron chi connectivity index (χ3n) is 2.83. The topological polar surface area (TPSA) is 43.8 Å². The minimum Gasteiger partial charge on any atom is -0.395 e. The maximum Gasteiger partial charge on any atom is 0.117 e. The second-order valence-electron chi connectivity index (χ2n) is 4.61. The molecule has 0 bridgehead atoms. The number of rotatable bonds is 5. The number of aromatic nitrogens is 2. The third-order valence-corrected chi connectivity index (χ3v) is 4.45. The lowest BCUT2D eigenvalue weighted by Crippen LogP contribution is -2.07. The zero-order chi connectivity index (χ0) is 12.3. The number of thioether (sulfide) groups is 1. The van der Waals surface area contributed by atoms with Gasteiger partial charge in [0.25, 0.3) is 0 Å². The monoisotopic (exact) mass is 241 g/mol. The summed E-state index contributed by atoms with van der Waals surface area (Å²) in [7, 11) is 1.98. The van der Waals surface area contributed by atoms with Gasteiger partial charge in [-0.05, 0) is 12.3 Å². The summed E-state index contributed by atoms with van der Waals surface area (Å²) >= 11 is 1.83. The Balaban J connectivity index is 2.87.